The molecule has 0 unspecified atom stereocenters. The lowest BCUT2D eigenvalue weighted by molar-refractivity contribution is -0.173. The number of carboxylic acid groups (broad SMARTS) is 1. The molecular weight excluding hydrogens is 200 g/mol. The van der Waals surface area contributed by atoms with Crippen LogP contribution in [0.5, 0.6) is 0 Å². The zero-order valence-corrected chi connectivity index (χ0v) is 9.79. The first-order valence-electron chi connectivity index (χ1n) is 4.59. The number of methoxy groups -OCH3 is 1. The van der Waals surface area contributed by atoms with E-state index in [2.05, 4.69) is 4.74 Å². The minimum Gasteiger partial charge on any atom is -0.480 e. The average Bonchev–Trinajstić information content (AvgIpc) is 2.11. The van der Waals surface area contributed by atoms with Crippen molar-refractivity contribution >= 4 is 11.9 Å². The second-order valence-electron chi connectivity index (χ2n) is 4.53. The predicted molar refractivity (Wildman–Crippen MR) is 53.5 cm³/mol. The molecule has 0 rings (SSSR count). The Hall–Kier alpha value is -1.10. The van der Waals surface area contributed by atoms with Crippen molar-refractivity contribution in [3.63, 3.8) is 0 Å². The monoisotopic (exact) mass is 218 g/mol. The van der Waals surface area contributed by atoms with Crippen molar-refractivity contribution in [1.29, 1.82) is 0 Å². The highest BCUT2D eigenvalue weighted by Gasteiger charge is 2.44. The molecule has 5 heteroatoms. The van der Waals surface area contributed by atoms with Gasteiger partial charge in [0.2, 0.25) is 0 Å². The van der Waals surface area contributed by atoms with E-state index >= 15 is 0 Å². The van der Waals surface area contributed by atoms with Gasteiger partial charge in [0.1, 0.15) is 0 Å². The minimum absolute atomic E-state index is 0.210. The molecule has 0 aromatic heterocycles. The Bertz CT molecular complexity index is 253. The maximum atomic E-state index is 11.3. The maximum absolute atomic E-state index is 11.3. The molecule has 0 aliphatic carbocycles. The van der Waals surface area contributed by atoms with Crippen LogP contribution >= 0.6 is 0 Å². The molecule has 0 amide bonds. The summed E-state index contributed by atoms with van der Waals surface area (Å²) in [4.78, 5) is 22.3. The van der Waals surface area contributed by atoms with Gasteiger partial charge in [-0.25, -0.2) is 0 Å². The standard InChI is InChI=1S/C10H18O5/c1-9(2,3)15-6-10(4,7(11)12)8(13)14-5/h6H2,1-5H3,(H,11,12)/t10-/m1/s1. The summed E-state index contributed by atoms with van der Waals surface area (Å²) < 4.78 is 9.74. The molecule has 5 nitrogen and oxygen atoms in total. The number of carbonyl (C=O) groups is 2. The Balaban J connectivity index is 4.68. The van der Waals surface area contributed by atoms with Crippen LogP contribution in [0.15, 0.2) is 0 Å². The number of ether oxygens (including phenoxy) is 2. The van der Waals surface area contributed by atoms with E-state index in [1.165, 1.54) is 6.92 Å². The molecule has 0 aromatic carbocycles. The van der Waals surface area contributed by atoms with Crippen LogP contribution in [0.25, 0.3) is 0 Å². The van der Waals surface area contributed by atoms with Crippen molar-refractivity contribution in [2.45, 2.75) is 33.3 Å². The Labute approximate surface area is 89.4 Å². The second kappa shape index (κ2) is 4.61. The van der Waals surface area contributed by atoms with Gasteiger partial charge >= 0.3 is 11.9 Å². The Morgan fingerprint density at radius 1 is 1.20 bits per heavy atom. The fourth-order valence-corrected chi connectivity index (χ4v) is 0.794. The molecule has 1 atom stereocenters. The number of aliphatic carboxylic acids is 1. The van der Waals surface area contributed by atoms with E-state index in [1.54, 1.807) is 20.8 Å². The van der Waals surface area contributed by atoms with Gasteiger partial charge in [0, 0.05) is 0 Å². The summed E-state index contributed by atoms with van der Waals surface area (Å²) >= 11 is 0. The second-order valence-corrected chi connectivity index (χ2v) is 4.53. The zero-order chi connectivity index (χ0) is 12.3. The molecule has 0 aromatic rings. The first-order valence-corrected chi connectivity index (χ1v) is 4.59. The van der Waals surface area contributed by atoms with Gasteiger partial charge in [-0.2, -0.15) is 0 Å². The summed E-state index contributed by atoms with van der Waals surface area (Å²) in [6.07, 6.45) is 0. The smallest absolute Gasteiger partial charge is 0.325 e. The molecule has 88 valence electrons. The average molecular weight is 218 g/mol. The quantitative estimate of drug-likeness (QED) is 0.564. The van der Waals surface area contributed by atoms with Crippen LogP contribution < -0.4 is 0 Å². The molecule has 0 saturated carbocycles. The highest BCUT2D eigenvalue weighted by molar-refractivity contribution is 5.98. The molecule has 0 spiro atoms. The lowest BCUT2D eigenvalue weighted by Gasteiger charge is -2.27. The summed E-state index contributed by atoms with van der Waals surface area (Å²) in [5.41, 5.74) is -2.15. The van der Waals surface area contributed by atoms with Crippen molar-refractivity contribution in [1.82, 2.24) is 0 Å². The lowest BCUT2D eigenvalue weighted by Crippen LogP contribution is -2.43. The van der Waals surface area contributed by atoms with Crippen molar-refractivity contribution in [3.05, 3.63) is 0 Å². The number of esters is 1. The van der Waals surface area contributed by atoms with Gasteiger partial charge < -0.3 is 14.6 Å². The minimum atomic E-state index is -1.65. The van der Waals surface area contributed by atoms with E-state index in [9.17, 15) is 9.59 Å². The predicted octanol–water partition coefficient (Wildman–Crippen LogP) is 1.07. The summed E-state index contributed by atoms with van der Waals surface area (Å²) in [5.74, 6) is -2.06. The number of carbonyl (C=O) groups excluding carboxylic acids is 1. The summed E-state index contributed by atoms with van der Waals surface area (Å²) in [7, 11) is 1.15. The third kappa shape index (κ3) is 3.87. The molecule has 0 bridgehead atoms. The first kappa shape index (κ1) is 13.9. The Kier molecular flexibility index (Phi) is 4.27. The van der Waals surface area contributed by atoms with Crippen LogP contribution in [0.1, 0.15) is 27.7 Å². The van der Waals surface area contributed by atoms with Crippen LogP contribution in [0.2, 0.25) is 0 Å². The number of hydrogen-bond donors (Lipinski definition) is 1. The third-order valence-corrected chi connectivity index (χ3v) is 1.90. The Morgan fingerprint density at radius 3 is 1.93 bits per heavy atom. The number of rotatable bonds is 4. The lowest BCUT2D eigenvalue weighted by atomic mass is 9.92. The normalized spacial score (nSPS) is 15.5. The van der Waals surface area contributed by atoms with Crippen LogP contribution in [0.3, 0.4) is 0 Å². The highest BCUT2D eigenvalue weighted by Crippen LogP contribution is 2.22. The van der Waals surface area contributed by atoms with E-state index in [1.807, 2.05) is 0 Å². The van der Waals surface area contributed by atoms with Gasteiger partial charge in [0.25, 0.3) is 0 Å². The van der Waals surface area contributed by atoms with E-state index in [0.717, 1.165) is 7.11 Å². The maximum Gasteiger partial charge on any atom is 0.325 e. The van der Waals surface area contributed by atoms with Gasteiger partial charge in [-0.05, 0) is 27.7 Å². The van der Waals surface area contributed by atoms with Gasteiger partial charge in [0.05, 0.1) is 19.3 Å². The van der Waals surface area contributed by atoms with Crippen molar-refractivity contribution < 1.29 is 24.2 Å². The molecular formula is C10H18O5. The van der Waals surface area contributed by atoms with Crippen LogP contribution in [0.4, 0.5) is 0 Å². The molecule has 0 aliphatic rings. The third-order valence-electron chi connectivity index (χ3n) is 1.90. The molecule has 1 N–H and O–H groups in total. The molecule has 0 aliphatic heterocycles. The van der Waals surface area contributed by atoms with E-state index in [0.29, 0.717) is 0 Å². The van der Waals surface area contributed by atoms with E-state index < -0.39 is 23.0 Å². The molecule has 0 heterocycles. The molecule has 0 radical (unpaired) electrons. The summed E-state index contributed by atoms with van der Waals surface area (Å²) in [6.45, 7) is 6.43. The van der Waals surface area contributed by atoms with Gasteiger partial charge in [-0.1, -0.05) is 0 Å². The Morgan fingerprint density at radius 2 is 1.67 bits per heavy atom. The van der Waals surface area contributed by atoms with E-state index in [-0.39, 0.29) is 6.61 Å². The van der Waals surface area contributed by atoms with E-state index in [4.69, 9.17) is 9.84 Å². The highest BCUT2D eigenvalue weighted by atomic mass is 16.5. The van der Waals surface area contributed by atoms with Crippen LogP contribution in [-0.4, -0.2) is 36.4 Å². The molecule has 0 saturated heterocycles. The SMILES string of the molecule is COC(=O)[C@](C)(COC(C)(C)C)C(=O)O. The molecule has 15 heavy (non-hydrogen) atoms. The number of carboxylic acids is 1. The van der Waals surface area contributed by atoms with Crippen LogP contribution in [-0.2, 0) is 19.1 Å². The first-order chi connectivity index (χ1) is 6.63. The fraction of sp³-hybridized carbons (Fsp3) is 0.800. The topological polar surface area (TPSA) is 72.8 Å². The van der Waals surface area contributed by atoms with Gasteiger partial charge in [-0.15, -0.1) is 0 Å². The van der Waals surface area contributed by atoms with Crippen molar-refractivity contribution in [2.75, 3.05) is 13.7 Å². The fourth-order valence-electron chi connectivity index (χ4n) is 0.794. The summed E-state index contributed by atoms with van der Waals surface area (Å²) in [6, 6.07) is 0. The summed E-state index contributed by atoms with van der Waals surface area (Å²) in [5, 5.41) is 8.95. The van der Waals surface area contributed by atoms with Crippen molar-refractivity contribution in [3.8, 4) is 0 Å². The molecule has 0 fully saturated rings. The van der Waals surface area contributed by atoms with Gasteiger partial charge in [-0.3, -0.25) is 9.59 Å². The largest absolute Gasteiger partial charge is 0.480 e. The zero-order valence-electron chi connectivity index (χ0n) is 9.79. The van der Waals surface area contributed by atoms with Crippen molar-refractivity contribution in [2.24, 2.45) is 5.41 Å². The van der Waals surface area contributed by atoms with Gasteiger partial charge in [0.15, 0.2) is 5.41 Å². The van der Waals surface area contributed by atoms with Crippen LogP contribution in [0, 0.1) is 5.41 Å². The number of hydrogen-bond acceptors (Lipinski definition) is 4.